The molecule has 7 heteroatoms. The number of sulfonamides is 1. The molecule has 0 amide bonds. The fourth-order valence-electron chi connectivity index (χ4n) is 2.19. The normalized spacial score (nSPS) is 24.9. The van der Waals surface area contributed by atoms with E-state index in [1.807, 2.05) is 0 Å². The summed E-state index contributed by atoms with van der Waals surface area (Å²) in [5, 5.41) is 9.01. The van der Waals surface area contributed by atoms with Gasteiger partial charge in [0.2, 0.25) is 10.0 Å². The molecule has 1 saturated carbocycles. The Kier molecular flexibility index (Phi) is 6.45. The molecule has 2 atom stereocenters. The van der Waals surface area contributed by atoms with Gasteiger partial charge < -0.3 is 5.11 Å². The van der Waals surface area contributed by atoms with Crippen LogP contribution in [0.5, 0.6) is 0 Å². The van der Waals surface area contributed by atoms with E-state index in [0.29, 0.717) is 5.25 Å². The Labute approximate surface area is 113 Å². The van der Waals surface area contributed by atoms with Gasteiger partial charge in [0.25, 0.3) is 0 Å². The first kappa shape index (κ1) is 15.8. The molecule has 2 unspecified atom stereocenters. The van der Waals surface area contributed by atoms with Gasteiger partial charge in [-0.3, -0.25) is 4.79 Å². The zero-order valence-corrected chi connectivity index (χ0v) is 12.2. The highest BCUT2D eigenvalue weighted by Crippen LogP contribution is 2.27. The van der Waals surface area contributed by atoms with E-state index in [9.17, 15) is 13.2 Å². The summed E-state index contributed by atoms with van der Waals surface area (Å²) in [6, 6.07) is 0.0195. The Bertz CT molecular complexity index is 369. The summed E-state index contributed by atoms with van der Waals surface area (Å²) in [4.78, 5) is 10.3. The van der Waals surface area contributed by atoms with E-state index in [2.05, 4.69) is 11.0 Å². The second-order valence-corrected chi connectivity index (χ2v) is 7.67. The molecule has 0 aromatic rings. The van der Waals surface area contributed by atoms with Gasteiger partial charge in [-0.2, -0.15) is 11.8 Å². The van der Waals surface area contributed by atoms with Gasteiger partial charge in [0, 0.05) is 17.7 Å². The van der Waals surface area contributed by atoms with Crippen LogP contribution in [0.25, 0.3) is 0 Å². The monoisotopic (exact) mass is 295 g/mol. The fraction of sp³-hybridized carbons (Fsp3) is 0.909. The highest BCUT2D eigenvalue weighted by molar-refractivity contribution is 7.99. The third-order valence-electron chi connectivity index (χ3n) is 3.11. The highest BCUT2D eigenvalue weighted by atomic mass is 32.2. The van der Waals surface area contributed by atoms with Crippen molar-refractivity contribution in [2.24, 2.45) is 0 Å². The van der Waals surface area contributed by atoms with Crippen molar-refractivity contribution in [1.82, 2.24) is 4.72 Å². The van der Waals surface area contributed by atoms with Crippen LogP contribution in [0.1, 0.15) is 38.5 Å². The smallest absolute Gasteiger partial charge is 0.303 e. The van der Waals surface area contributed by atoms with Crippen molar-refractivity contribution < 1.29 is 18.3 Å². The molecule has 106 valence electrons. The van der Waals surface area contributed by atoms with Crippen LogP contribution >= 0.6 is 11.8 Å². The first-order chi connectivity index (χ1) is 8.43. The summed E-state index contributed by atoms with van der Waals surface area (Å²) in [5.74, 6) is -1.05. The maximum absolute atomic E-state index is 11.8. The van der Waals surface area contributed by atoms with Gasteiger partial charge in [-0.15, -0.1) is 0 Å². The minimum Gasteiger partial charge on any atom is -0.481 e. The second-order valence-electron chi connectivity index (χ2n) is 4.66. The van der Waals surface area contributed by atoms with Gasteiger partial charge in [-0.25, -0.2) is 13.1 Å². The maximum atomic E-state index is 11.8. The highest BCUT2D eigenvalue weighted by Gasteiger charge is 2.24. The number of carboxylic acid groups (broad SMARTS) is 1. The van der Waals surface area contributed by atoms with Crippen LogP contribution in [-0.2, 0) is 14.8 Å². The van der Waals surface area contributed by atoms with E-state index in [-0.39, 0.29) is 24.6 Å². The first-order valence-electron chi connectivity index (χ1n) is 6.17. The Morgan fingerprint density at radius 3 is 2.78 bits per heavy atom. The van der Waals surface area contributed by atoms with Crippen molar-refractivity contribution in [3.63, 3.8) is 0 Å². The van der Waals surface area contributed by atoms with Crippen LogP contribution in [0.2, 0.25) is 0 Å². The summed E-state index contributed by atoms with van der Waals surface area (Å²) in [6.07, 6.45) is 6.08. The largest absolute Gasteiger partial charge is 0.481 e. The lowest BCUT2D eigenvalue weighted by Crippen LogP contribution is -2.40. The third kappa shape index (κ3) is 6.06. The standard InChI is InChI=1S/C11H21NO4S2/c1-17-10-5-2-4-9(8-10)12-18(15,16)7-3-6-11(13)14/h9-10,12H,2-8H2,1H3,(H,13,14). The molecule has 0 saturated heterocycles. The fourth-order valence-corrected chi connectivity index (χ4v) is 4.38. The molecule has 1 fully saturated rings. The zero-order valence-electron chi connectivity index (χ0n) is 10.6. The molecule has 1 aliphatic carbocycles. The van der Waals surface area contributed by atoms with E-state index in [1.54, 1.807) is 11.8 Å². The molecule has 0 spiro atoms. The minimum absolute atomic E-state index is 0.0195. The molecule has 0 aromatic carbocycles. The molecular formula is C11H21NO4S2. The molecule has 0 aromatic heterocycles. The quantitative estimate of drug-likeness (QED) is 0.742. The molecule has 0 radical (unpaired) electrons. The number of carbonyl (C=O) groups is 1. The molecule has 1 aliphatic rings. The molecule has 18 heavy (non-hydrogen) atoms. The van der Waals surface area contributed by atoms with Crippen LogP contribution in [0, 0.1) is 0 Å². The third-order valence-corrected chi connectivity index (χ3v) is 5.72. The second kappa shape index (κ2) is 7.35. The summed E-state index contributed by atoms with van der Waals surface area (Å²) in [5.41, 5.74) is 0. The Balaban J connectivity index is 2.37. The first-order valence-corrected chi connectivity index (χ1v) is 9.11. The number of rotatable bonds is 7. The summed E-state index contributed by atoms with van der Waals surface area (Å²) in [6.45, 7) is 0. The Hall–Kier alpha value is -0.270. The van der Waals surface area contributed by atoms with Crippen molar-refractivity contribution in [1.29, 1.82) is 0 Å². The topological polar surface area (TPSA) is 83.5 Å². The average molecular weight is 295 g/mol. The van der Waals surface area contributed by atoms with Crippen molar-refractivity contribution in [3.8, 4) is 0 Å². The maximum Gasteiger partial charge on any atom is 0.303 e. The van der Waals surface area contributed by atoms with Crippen LogP contribution < -0.4 is 4.72 Å². The van der Waals surface area contributed by atoms with Gasteiger partial charge in [0.05, 0.1) is 5.75 Å². The SMILES string of the molecule is CSC1CCCC(NS(=O)(=O)CCCC(=O)O)C1. The lowest BCUT2D eigenvalue weighted by molar-refractivity contribution is -0.137. The molecule has 0 aliphatic heterocycles. The van der Waals surface area contributed by atoms with Crippen LogP contribution in [-0.4, -0.2) is 42.8 Å². The number of hydrogen-bond donors (Lipinski definition) is 2. The van der Waals surface area contributed by atoms with Gasteiger partial charge >= 0.3 is 5.97 Å². The van der Waals surface area contributed by atoms with Gasteiger partial charge in [-0.05, 0) is 31.9 Å². The van der Waals surface area contributed by atoms with Crippen molar-refractivity contribution >= 4 is 27.8 Å². The Morgan fingerprint density at radius 1 is 1.44 bits per heavy atom. The van der Waals surface area contributed by atoms with E-state index >= 15 is 0 Å². The molecule has 1 rings (SSSR count). The van der Waals surface area contributed by atoms with Crippen molar-refractivity contribution in [3.05, 3.63) is 0 Å². The van der Waals surface area contributed by atoms with Gasteiger partial charge in [0.1, 0.15) is 0 Å². The number of hydrogen-bond acceptors (Lipinski definition) is 4. The minimum atomic E-state index is -3.33. The van der Waals surface area contributed by atoms with Crippen LogP contribution in [0.4, 0.5) is 0 Å². The predicted octanol–water partition coefficient (Wildman–Crippen LogP) is 1.44. The van der Waals surface area contributed by atoms with Gasteiger partial charge in [-0.1, -0.05) is 6.42 Å². The molecule has 5 nitrogen and oxygen atoms in total. The van der Waals surface area contributed by atoms with E-state index in [0.717, 1.165) is 25.7 Å². The number of thioether (sulfide) groups is 1. The summed E-state index contributed by atoms with van der Waals surface area (Å²) < 4.78 is 26.2. The van der Waals surface area contributed by atoms with E-state index in [4.69, 9.17) is 5.11 Å². The average Bonchev–Trinajstić information content (AvgIpc) is 2.27. The predicted molar refractivity (Wildman–Crippen MR) is 73.4 cm³/mol. The molecule has 2 N–H and O–H groups in total. The van der Waals surface area contributed by atoms with E-state index in [1.165, 1.54) is 0 Å². The number of carboxylic acids is 1. The van der Waals surface area contributed by atoms with Crippen molar-refractivity contribution in [2.75, 3.05) is 12.0 Å². The Morgan fingerprint density at radius 2 is 2.17 bits per heavy atom. The lowest BCUT2D eigenvalue weighted by atomic mass is 9.96. The summed E-state index contributed by atoms with van der Waals surface area (Å²) >= 11 is 1.78. The summed E-state index contributed by atoms with van der Waals surface area (Å²) in [7, 11) is -3.33. The number of nitrogens with one attached hydrogen (secondary N) is 1. The molecule has 0 bridgehead atoms. The van der Waals surface area contributed by atoms with Crippen molar-refractivity contribution in [2.45, 2.75) is 49.8 Å². The molecular weight excluding hydrogens is 274 g/mol. The molecule has 0 heterocycles. The van der Waals surface area contributed by atoms with Crippen LogP contribution in [0.3, 0.4) is 0 Å². The lowest BCUT2D eigenvalue weighted by Gasteiger charge is -2.28. The number of aliphatic carboxylic acids is 1. The van der Waals surface area contributed by atoms with Crippen LogP contribution in [0.15, 0.2) is 0 Å². The zero-order chi connectivity index (χ0) is 13.6. The van der Waals surface area contributed by atoms with E-state index < -0.39 is 16.0 Å². The van der Waals surface area contributed by atoms with Gasteiger partial charge in [0.15, 0.2) is 0 Å².